The van der Waals surface area contributed by atoms with Crippen LogP contribution in [0.15, 0.2) is 49.1 Å². The van der Waals surface area contributed by atoms with E-state index >= 15 is 0 Å². The molecule has 0 radical (unpaired) electrons. The second-order valence-corrected chi connectivity index (χ2v) is 6.12. The topological polar surface area (TPSA) is 84.7 Å². The van der Waals surface area contributed by atoms with E-state index in [2.05, 4.69) is 25.6 Å². The molecule has 0 aliphatic carbocycles. The van der Waals surface area contributed by atoms with Crippen LogP contribution in [0, 0.1) is 19.7 Å². The molecular weight excluding hydrogens is 359 g/mol. The molecule has 1 aromatic carbocycles. The number of anilines is 1. The second-order valence-electron chi connectivity index (χ2n) is 6.12. The van der Waals surface area contributed by atoms with Crippen molar-refractivity contribution in [1.82, 2.24) is 24.8 Å². The molecule has 0 bridgehead atoms. The molecule has 0 aliphatic rings. The lowest BCUT2D eigenvalue weighted by molar-refractivity contribution is -0.116. The molecule has 0 atom stereocenters. The number of amides is 1. The summed E-state index contributed by atoms with van der Waals surface area (Å²) in [5.41, 5.74) is 2.33. The number of halogens is 1. The molecule has 3 aromatic rings. The van der Waals surface area contributed by atoms with E-state index in [1.165, 1.54) is 24.5 Å². The number of nitrogens with one attached hydrogen (secondary N) is 2. The van der Waals surface area contributed by atoms with E-state index in [9.17, 15) is 9.18 Å². The van der Waals surface area contributed by atoms with Crippen LogP contribution in [0.25, 0.3) is 11.9 Å². The van der Waals surface area contributed by atoms with Crippen LogP contribution in [0.1, 0.15) is 17.0 Å². The monoisotopic (exact) mass is 380 g/mol. The van der Waals surface area contributed by atoms with Crippen LogP contribution in [0.3, 0.4) is 0 Å². The lowest BCUT2D eigenvalue weighted by atomic mass is 10.2. The smallest absolute Gasteiger partial charge is 0.244 e. The number of rotatable bonds is 7. The maximum absolute atomic E-state index is 13.5. The molecule has 28 heavy (non-hydrogen) atoms. The first kappa shape index (κ1) is 19.2. The van der Waals surface area contributed by atoms with Crippen LogP contribution in [0.4, 0.5) is 10.2 Å². The van der Waals surface area contributed by atoms with Crippen LogP contribution >= 0.6 is 0 Å². The number of hydrogen-bond acceptors (Lipinski definition) is 5. The van der Waals surface area contributed by atoms with E-state index in [0.717, 1.165) is 11.4 Å². The number of aryl methyl sites for hydroxylation is 1. The van der Waals surface area contributed by atoms with Crippen molar-refractivity contribution < 1.29 is 9.18 Å². The first-order valence-corrected chi connectivity index (χ1v) is 8.82. The van der Waals surface area contributed by atoms with Gasteiger partial charge >= 0.3 is 0 Å². The number of hydrogen-bond donors (Lipinski definition) is 2. The number of aromatic nitrogens is 4. The summed E-state index contributed by atoms with van der Waals surface area (Å²) < 4.78 is 15.4. The zero-order valence-corrected chi connectivity index (χ0v) is 15.7. The van der Waals surface area contributed by atoms with E-state index in [4.69, 9.17) is 0 Å². The van der Waals surface area contributed by atoms with Gasteiger partial charge in [-0.25, -0.2) is 19.3 Å². The standard InChI is InChI=1S/C20H21FN6O/c1-14-15(2)27(13-26-14)19-11-18(24-12-25-19)22-9-10-23-20(28)8-7-16-5-3-4-6-17(16)21/h3-8,11-13H,9-10H2,1-2H3,(H,23,28)(H,22,24,25)/b8-7+. The molecule has 0 aliphatic heterocycles. The first-order chi connectivity index (χ1) is 13.5. The van der Waals surface area contributed by atoms with Crippen LogP contribution in [0.5, 0.6) is 0 Å². The zero-order chi connectivity index (χ0) is 19.9. The van der Waals surface area contributed by atoms with Gasteiger partial charge in [0.25, 0.3) is 0 Å². The Hall–Kier alpha value is -3.55. The maximum Gasteiger partial charge on any atom is 0.244 e. The van der Waals surface area contributed by atoms with E-state index in [1.54, 1.807) is 24.5 Å². The van der Waals surface area contributed by atoms with Crippen LogP contribution in [0.2, 0.25) is 0 Å². The van der Waals surface area contributed by atoms with Gasteiger partial charge in [-0.3, -0.25) is 9.36 Å². The molecule has 1 amide bonds. The van der Waals surface area contributed by atoms with Crippen molar-refractivity contribution in [2.24, 2.45) is 0 Å². The summed E-state index contributed by atoms with van der Waals surface area (Å²) in [5, 5.41) is 5.87. The quantitative estimate of drug-likeness (QED) is 0.486. The lowest BCUT2D eigenvalue weighted by Gasteiger charge is -2.09. The Kier molecular flexibility index (Phi) is 6.11. The number of carbonyl (C=O) groups excluding carboxylic acids is 1. The highest BCUT2D eigenvalue weighted by atomic mass is 19.1. The summed E-state index contributed by atoms with van der Waals surface area (Å²) in [7, 11) is 0. The van der Waals surface area contributed by atoms with Gasteiger partial charge in [-0.05, 0) is 26.0 Å². The lowest BCUT2D eigenvalue weighted by Crippen LogP contribution is -2.27. The van der Waals surface area contributed by atoms with Gasteiger partial charge in [-0.2, -0.15) is 0 Å². The summed E-state index contributed by atoms with van der Waals surface area (Å²) in [6, 6.07) is 8.09. The van der Waals surface area contributed by atoms with Crippen LogP contribution in [-0.4, -0.2) is 38.5 Å². The molecule has 2 N–H and O–H groups in total. The highest BCUT2D eigenvalue weighted by Crippen LogP contribution is 2.13. The molecule has 0 fully saturated rings. The Bertz CT molecular complexity index is 998. The minimum absolute atomic E-state index is 0.294. The Balaban J connectivity index is 1.49. The van der Waals surface area contributed by atoms with Gasteiger partial charge in [0.05, 0.1) is 5.69 Å². The van der Waals surface area contributed by atoms with Crippen molar-refractivity contribution in [2.75, 3.05) is 18.4 Å². The van der Waals surface area contributed by atoms with Crippen LogP contribution < -0.4 is 10.6 Å². The fourth-order valence-electron chi connectivity index (χ4n) is 2.52. The third kappa shape index (κ3) is 4.79. The summed E-state index contributed by atoms with van der Waals surface area (Å²) in [6.07, 6.45) is 5.96. The van der Waals surface area contributed by atoms with Gasteiger partial charge in [0.2, 0.25) is 5.91 Å². The number of carbonyl (C=O) groups is 1. The van der Waals surface area contributed by atoms with E-state index < -0.39 is 0 Å². The van der Waals surface area contributed by atoms with Gasteiger partial charge < -0.3 is 10.6 Å². The summed E-state index contributed by atoms with van der Waals surface area (Å²) in [5.74, 6) is 0.702. The van der Waals surface area contributed by atoms with Crippen molar-refractivity contribution >= 4 is 17.8 Å². The third-order valence-electron chi connectivity index (χ3n) is 4.20. The summed E-state index contributed by atoms with van der Waals surface area (Å²) >= 11 is 0. The minimum Gasteiger partial charge on any atom is -0.368 e. The predicted octanol–water partition coefficient (Wildman–Crippen LogP) is 2.66. The number of imidazole rings is 1. The Morgan fingerprint density at radius 1 is 1.18 bits per heavy atom. The Labute approximate surface area is 162 Å². The van der Waals surface area contributed by atoms with Crippen molar-refractivity contribution in [3.05, 3.63) is 71.8 Å². The van der Waals surface area contributed by atoms with Gasteiger partial charge in [0.15, 0.2) is 0 Å². The average molecular weight is 380 g/mol. The Morgan fingerprint density at radius 2 is 2.00 bits per heavy atom. The molecular formula is C20H21FN6O. The average Bonchev–Trinajstić information content (AvgIpc) is 3.03. The molecule has 2 heterocycles. The highest BCUT2D eigenvalue weighted by molar-refractivity contribution is 5.91. The molecule has 144 valence electrons. The highest BCUT2D eigenvalue weighted by Gasteiger charge is 2.06. The van der Waals surface area contributed by atoms with E-state index in [-0.39, 0.29) is 11.7 Å². The normalized spacial score (nSPS) is 11.0. The van der Waals surface area contributed by atoms with E-state index in [1.807, 2.05) is 24.5 Å². The first-order valence-electron chi connectivity index (χ1n) is 8.82. The van der Waals surface area contributed by atoms with Gasteiger partial charge in [-0.1, -0.05) is 18.2 Å². The number of nitrogens with zero attached hydrogens (tertiary/aromatic N) is 4. The molecule has 3 rings (SSSR count). The fourth-order valence-corrected chi connectivity index (χ4v) is 2.52. The molecule has 0 saturated carbocycles. The van der Waals surface area contributed by atoms with Crippen LogP contribution in [-0.2, 0) is 4.79 Å². The molecule has 0 unspecified atom stereocenters. The zero-order valence-electron chi connectivity index (χ0n) is 15.7. The predicted molar refractivity (Wildman–Crippen MR) is 106 cm³/mol. The fraction of sp³-hybridized carbons (Fsp3) is 0.200. The van der Waals surface area contributed by atoms with Crippen molar-refractivity contribution in [3.8, 4) is 5.82 Å². The van der Waals surface area contributed by atoms with Gasteiger partial charge in [0, 0.05) is 36.5 Å². The summed E-state index contributed by atoms with van der Waals surface area (Å²) in [6.45, 7) is 4.79. The second kappa shape index (κ2) is 8.90. The Morgan fingerprint density at radius 3 is 2.75 bits per heavy atom. The minimum atomic E-state index is -0.365. The molecule has 8 heteroatoms. The molecule has 0 saturated heterocycles. The SMILES string of the molecule is Cc1ncn(-c2cc(NCCNC(=O)/C=C/c3ccccc3F)ncn2)c1C. The molecule has 7 nitrogen and oxygen atoms in total. The third-order valence-corrected chi connectivity index (χ3v) is 4.20. The molecule has 2 aromatic heterocycles. The molecule has 0 spiro atoms. The van der Waals surface area contributed by atoms with Crippen molar-refractivity contribution in [1.29, 1.82) is 0 Å². The largest absolute Gasteiger partial charge is 0.368 e. The van der Waals surface area contributed by atoms with Crippen molar-refractivity contribution in [2.45, 2.75) is 13.8 Å². The van der Waals surface area contributed by atoms with Gasteiger partial charge in [0.1, 0.15) is 30.1 Å². The van der Waals surface area contributed by atoms with E-state index in [0.29, 0.717) is 30.3 Å². The van der Waals surface area contributed by atoms with Crippen molar-refractivity contribution in [3.63, 3.8) is 0 Å². The maximum atomic E-state index is 13.5. The number of benzene rings is 1. The summed E-state index contributed by atoms with van der Waals surface area (Å²) in [4.78, 5) is 24.5. The van der Waals surface area contributed by atoms with Gasteiger partial charge in [-0.15, -0.1) is 0 Å².